The number of nitrogens with one attached hydrogen (secondary N) is 1. The highest BCUT2D eigenvalue weighted by Crippen LogP contribution is 2.47. The first-order valence-electron chi connectivity index (χ1n) is 14.3. The van der Waals surface area contributed by atoms with Crippen molar-refractivity contribution in [2.45, 2.75) is 70.5 Å². The molecule has 0 radical (unpaired) electrons. The van der Waals surface area contributed by atoms with Crippen LogP contribution in [0.4, 0.5) is 0 Å². The molecule has 0 saturated carbocycles. The fraction of sp³-hybridized carbons (Fsp3) is 0.400. The van der Waals surface area contributed by atoms with Crippen molar-refractivity contribution in [2.75, 3.05) is 0 Å². The Morgan fingerprint density at radius 2 is 1.93 bits per heavy atom. The van der Waals surface area contributed by atoms with Gasteiger partial charge in [0.25, 0.3) is 5.91 Å². The molecule has 1 amide bonds. The van der Waals surface area contributed by atoms with Crippen molar-refractivity contribution in [2.24, 2.45) is 5.41 Å². The van der Waals surface area contributed by atoms with E-state index in [0.29, 0.717) is 5.56 Å². The number of amides is 1. The lowest BCUT2D eigenvalue weighted by Crippen LogP contribution is -2.49. The molecule has 8 nitrogen and oxygen atoms in total. The average Bonchev–Trinajstić information content (AvgIpc) is 3.45. The molecule has 41 heavy (non-hydrogen) atoms. The largest absolute Gasteiger partial charge is 0.491 e. The lowest BCUT2D eigenvalue weighted by Gasteiger charge is -2.42. The molecular formula is C30H34B2IN5O3. The smallest absolute Gasteiger partial charge is 0.252 e. The molecule has 2 aromatic heterocycles. The molecule has 2 bridgehead atoms. The molecule has 0 saturated heterocycles. The zero-order chi connectivity index (χ0) is 29.1. The summed E-state index contributed by atoms with van der Waals surface area (Å²) in [5.41, 5.74) is 5.38. The molecule has 0 aliphatic carbocycles. The van der Waals surface area contributed by atoms with Gasteiger partial charge >= 0.3 is 0 Å². The van der Waals surface area contributed by atoms with Gasteiger partial charge in [-0.05, 0) is 61.9 Å². The Morgan fingerprint density at radius 1 is 1.17 bits per heavy atom. The number of aromatic nitrogens is 4. The monoisotopic (exact) mass is 661 g/mol. The van der Waals surface area contributed by atoms with Crippen molar-refractivity contribution >= 4 is 55.6 Å². The first-order chi connectivity index (χ1) is 19.5. The fourth-order valence-corrected chi connectivity index (χ4v) is 6.68. The van der Waals surface area contributed by atoms with Gasteiger partial charge < -0.3 is 17.7 Å². The molecule has 0 fully saturated rings. The third-order valence-corrected chi connectivity index (χ3v) is 10.2. The predicted molar refractivity (Wildman–Crippen MR) is 173 cm³/mol. The minimum atomic E-state index is -0.313. The van der Waals surface area contributed by atoms with Gasteiger partial charge in [-0.15, -0.1) is 0 Å². The number of hydrogen-bond donors (Lipinski definition) is 1. The van der Waals surface area contributed by atoms with E-state index >= 15 is 0 Å². The summed E-state index contributed by atoms with van der Waals surface area (Å²) in [5, 5.41) is 2.89. The number of rotatable bonds is 8. The highest BCUT2D eigenvalue weighted by atomic mass is 127. The summed E-state index contributed by atoms with van der Waals surface area (Å²) in [6, 6.07) is 11.8. The summed E-state index contributed by atoms with van der Waals surface area (Å²) in [6.07, 6.45) is 6.23. The maximum Gasteiger partial charge on any atom is 0.252 e. The average molecular weight is 661 g/mol. The molecule has 3 atom stereocenters. The number of halogens is 1. The fourth-order valence-electron chi connectivity index (χ4n) is 6.15. The van der Waals surface area contributed by atoms with Crippen LogP contribution in [0.1, 0.15) is 80.2 Å². The standard InChI is InChI=1S/C30H34B2IN5O3/c1-5-29(4,30(31,32)41-33)13-25-34-14-18(15-35-25)17-9-10-20-22(11-17)38-23-12-21(27(38)36-20)37-28(39)19-7-6-8-24(26(19)23)40-16(2)3/h6-11,14-16,21,23H,5,12-13,31-32H2,1-4H3,(H,37,39)/t21?,23-,29?/m1/s1. The molecule has 210 valence electrons. The van der Waals surface area contributed by atoms with Gasteiger partial charge in [0, 0.05) is 40.9 Å². The Labute approximate surface area is 256 Å². The van der Waals surface area contributed by atoms with Crippen molar-refractivity contribution < 1.29 is 12.6 Å². The summed E-state index contributed by atoms with van der Waals surface area (Å²) in [4.78, 5) is 27.7. The quantitative estimate of drug-likeness (QED) is 0.224. The molecule has 6 rings (SSSR count). The zero-order valence-electron chi connectivity index (χ0n) is 24.4. The number of imidazole rings is 1. The lowest BCUT2D eigenvalue weighted by molar-refractivity contribution is 0.0938. The SMILES string of the molecule is BC(B)(OI)C(C)(CC)Cc1ncc(-c2ccc3nc4n(c3c2)[C@@H]2CC4NC(=O)c3cccc(OC(C)C)c32)cn1. The minimum absolute atomic E-state index is 0.00560. The Bertz CT molecular complexity index is 1640. The van der Waals surface area contributed by atoms with Gasteiger partial charge in [0.15, 0.2) is 0 Å². The van der Waals surface area contributed by atoms with Gasteiger partial charge in [-0.2, -0.15) is 0 Å². The maximum absolute atomic E-state index is 13.2. The summed E-state index contributed by atoms with van der Waals surface area (Å²) < 4.78 is 14.3. The van der Waals surface area contributed by atoms with E-state index in [1.807, 2.05) is 73.5 Å². The van der Waals surface area contributed by atoms with Crippen molar-refractivity contribution in [1.29, 1.82) is 0 Å². The second-order valence-electron chi connectivity index (χ2n) is 12.3. The van der Waals surface area contributed by atoms with E-state index in [2.05, 4.69) is 51.6 Å². The molecule has 0 spiro atoms. The normalized spacial score (nSPS) is 19.4. The van der Waals surface area contributed by atoms with Crippen LogP contribution in [0.25, 0.3) is 22.2 Å². The third-order valence-electron chi connectivity index (χ3n) is 9.12. The first kappa shape index (κ1) is 28.2. The second kappa shape index (κ2) is 10.4. The second-order valence-corrected chi connectivity index (χ2v) is 12.7. The van der Waals surface area contributed by atoms with E-state index < -0.39 is 0 Å². The molecule has 11 heteroatoms. The van der Waals surface area contributed by atoms with Gasteiger partial charge in [0.1, 0.15) is 56.1 Å². The van der Waals surface area contributed by atoms with Crippen molar-refractivity contribution in [1.82, 2.24) is 24.8 Å². The molecule has 2 aliphatic heterocycles. The number of carbonyl (C=O) groups excluding carboxylic acids is 1. The molecule has 4 aromatic rings. The van der Waals surface area contributed by atoms with Crippen LogP contribution in [0.2, 0.25) is 0 Å². The van der Waals surface area contributed by atoms with Crippen LogP contribution in [0.5, 0.6) is 5.75 Å². The van der Waals surface area contributed by atoms with E-state index in [0.717, 1.165) is 64.4 Å². The van der Waals surface area contributed by atoms with Crippen LogP contribution < -0.4 is 10.1 Å². The van der Waals surface area contributed by atoms with Gasteiger partial charge in [0.2, 0.25) is 0 Å². The Morgan fingerprint density at radius 3 is 2.61 bits per heavy atom. The molecule has 1 N–H and O–H groups in total. The highest BCUT2D eigenvalue weighted by molar-refractivity contribution is 14.1. The van der Waals surface area contributed by atoms with Crippen LogP contribution >= 0.6 is 23.0 Å². The number of fused-ring (bicyclic) bond motifs is 9. The van der Waals surface area contributed by atoms with Gasteiger partial charge in [-0.1, -0.05) is 26.0 Å². The minimum Gasteiger partial charge on any atom is -0.491 e. The van der Waals surface area contributed by atoms with Crippen LogP contribution in [0, 0.1) is 5.41 Å². The van der Waals surface area contributed by atoms with Crippen LogP contribution in [-0.4, -0.2) is 52.6 Å². The summed E-state index contributed by atoms with van der Waals surface area (Å²) >= 11 is 2.00. The Balaban J connectivity index is 1.38. The molecular weight excluding hydrogens is 627 g/mol. The predicted octanol–water partition coefficient (Wildman–Crippen LogP) is 4.30. The first-order valence-corrected chi connectivity index (χ1v) is 15.2. The Hall–Kier alpha value is -2.92. The summed E-state index contributed by atoms with van der Waals surface area (Å²) in [6.45, 7) is 8.43. The number of benzene rings is 2. The summed E-state index contributed by atoms with van der Waals surface area (Å²) in [5.74, 6) is 2.36. The number of nitrogens with zero attached hydrogens (tertiary/aromatic N) is 4. The number of ether oxygens (including phenoxy) is 1. The Kier molecular flexibility index (Phi) is 7.17. The van der Waals surface area contributed by atoms with Crippen LogP contribution in [0.15, 0.2) is 48.8 Å². The van der Waals surface area contributed by atoms with E-state index in [-0.39, 0.29) is 34.9 Å². The summed E-state index contributed by atoms with van der Waals surface area (Å²) in [7, 11) is 4.24. The van der Waals surface area contributed by atoms with Crippen molar-refractivity contribution in [3.8, 4) is 16.9 Å². The van der Waals surface area contributed by atoms with E-state index in [1.54, 1.807) is 0 Å². The lowest BCUT2D eigenvalue weighted by atomic mass is 9.49. The molecule has 2 unspecified atom stereocenters. The van der Waals surface area contributed by atoms with Crippen molar-refractivity contribution in [3.63, 3.8) is 0 Å². The van der Waals surface area contributed by atoms with E-state index in [4.69, 9.17) is 22.8 Å². The van der Waals surface area contributed by atoms with E-state index in [1.165, 1.54) is 0 Å². The van der Waals surface area contributed by atoms with Gasteiger partial charge in [-0.25, -0.2) is 15.0 Å². The van der Waals surface area contributed by atoms with E-state index in [9.17, 15) is 4.79 Å². The topological polar surface area (TPSA) is 91.2 Å². The zero-order valence-corrected chi connectivity index (χ0v) is 26.5. The van der Waals surface area contributed by atoms with Crippen LogP contribution in [-0.2, 0) is 9.49 Å². The van der Waals surface area contributed by atoms with Crippen LogP contribution in [0.3, 0.4) is 0 Å². The van der Waals surface area contributed by atoms with Gasteiger partial charge in [0.05, 0.1) is 29.2 Å². The van der Waals surface area contributed by atoms with Gasteiger partial charge in [-0.3, -0.25) is 4.79 Å². The number of hydrogen-bond acceptors (Lipinski definition) is 6. The van der Waals surface area contributed by atoms with Crippen molar-refractivity contribution in [3.05, 3.63) is 71.6 Å². The third kappa shape index (κ3) is 4.74. The molecule has 4 heterocycles. The number of carbonyl (C=O) groups is 1. The molecule has 2 aromatic carbocycles. The molecule has 2 aliphatic rings. The highest BCUT2D eigenvalue weighted by Gasteiger charge is 2.43. The maximum atomic E-state index is 13.2.